The molecule has 1 N–H and O–H groups in total. The molecule has 2 aromatic rings. The summed E-state index contributed by atoms with van der Waals surface area (Å²) in [5.41, 5.74) is 1.45. The summed E-state index contributed by atoms with van der Waals surface area (Å²) in [6.07, 6.45) is 0.322. The van der Waals surface area contributed by atoms with Crippen molar-refractivity contribution in [2.75, 3.05) is 0 Å². The predicted molar refractivity (Wildman–Crippen MR) is 85.4 cm³/mol. The van der Waals surface area contributed by atoms with Crippen LogP contribution < -0.4 is 0 Å². The third kappa shape index (κ3) is 3.27. The molecule has 0 amide bonds. The van der Waals surface area contributed by atoms with Gasteiger partial charge < -0.3 is 4.98 Å². The van der Waals surface area contributed by atoms with Gasteiger partial charge >= 0.3 is 0 Å². The first-order chi connectivity index (χ1) is 9.40. The van der Waals surface area contributed by atoms with E-state index in [0.29, 0.717) is 22.4 Å². The fourth-order valence-corrected chi connectivity index (χ4v) is 2.93. The highest BCUT2D eigenvalue weighted by atomic mass is 79.9. The van der Waals surface area contributed by atoms with Crippen molar-refractivity contribution in [3.63, 3.8) is 0 Å². The van der Waals surface area contributed by atoms with E-state index in [0.717, 1.165) is 10.2 Å². The van der Waals surface area contributed by atoms with Gasteiger partial charge in [0.2, 0.25) is 0 Å². The second-order valence-corrected chi connectivity index (χ2v) is 6.35. The van der Waals surface area contributed by atoms with Crippen molar-refractivity contribution >= 4 is 39.7 Å². The molecule has 1 aromatic carbocycles. The van der Waals surface area contributed by atoms with Crippen LogP contribution in [0.2, 0.25) is 5.02 Å². The second-order valence-electron chi connectivity index (χ2n) is 4.76. The topological polar surface area (TPSA) is 28.7 Å². The molecule has 0 unspecified atom stereocenters. The lowest BCUT2D eigenvalue weighted by atomic mass is 10.1. The smallest absolute Gasteiger partial charge is 0.145 e. The third-order valence-electron chi connectivity index (χ3n) is 2.91. The predicted octanol–water partition coefficient (Wildman–Crippen LogP) is 5.41. The van der Waals surface area contributed by atoms with Crippen LogP contribution in [0.5, 0.6) is 0 Å². The monoisotopic (exact) mass is 374 g/mol. The summed E-state index contributed by atoms with van der Waals surface area (Å²) in [5, 5.41) is 0.113. The van der Waals surface area contributed by atoms with Gasteiger partial charge in [0, 0.05) is 12.1 Å². The van der Waals surface area contributed by atoms with E-state index in [9.17, 15) is 4.39 Å². The number of halogens is 3. The average Bonchev–Trinajstić information content (AvgIpc) is 2.38. The van der Waals surface area contributed by atoms with E-state index < -0.39 is 5.82 Å². The molecule has 0 radical (unpaired) electrons. The first-order valence-corrected chi connectivity index (χ1v) is 7.69. The van der Waals surface area contributed by atoms with Crippen molar-refractivity contribution in [3.05, 3.63) is 55.2 Å². The van der Waals surface area contributed by atoms with Crippen LogP contribution in [0, 0.1) is 10.5 Å². The van der Waals surface area contributed by atoms with Crippen LogP contribution in [0.3, 0.4) is 0 Å². The van der Waals surface area contributed by atoms with Crippen molar-refractivity contribution in [2.24, 2.45) is 0 Å². The Bertz CT molecular complexity index is 700. The Morgan fingerprint density at radius 1 is 1.45 bits per heavy atom. The lowest BCUT2D eigenvalue weighted by Gasteiger charge is -2.12. The van der Waals surface area contributed by atoms with Gasteiger partial charge in [0.15, 0.2) is 0 Å². The largest absolute Gasteiger partial charge is 0.346 e. The minimum atomic E-state index is -0.413. The molecule has 0 aliphatic rings. The Balaban J connectivity index is 2.44. The molecule has 0 aliphatic heterocycles. The second kappa shape index (κ2) is 6.33. The maximum atomic E-state index is 13.9. The van der Waals surface area contributed by atoms with Crippen LogP contribution in [0.15, 0.2) is 22.7 Å². The summed E-state index contributed by atoms with van der Waals surface area (Å²) in [7, 11) is 0. The zero-order chi connectivity index (χ0) is 14.9. The van der Waals surface area contributed by atoms with Gasteiger partial charge in [-0.2, -0.15) is 0 Å². The molecule has 106 valence electrons. The number of nitrogens with zero attached hydrogens (tertiary/aromatic N) is 1. The minimum Gasteiger partial charge on any atom is -0.346 e. The van der Waals surface area contributed by atoms with E-state index in [4.69, 9.17) is 23.8 Å². The lowest BCUT2D eigenvalue weighted by molar-refractivity contribution is 0.612. The van der Waals surface area contributed by atoms with E-state index in [2.05, 4.69) is 39.7 Å². The van der Waals surface area contributed by atoms with Crippen molar-refractivity contribution in [2.45, 2.75) is 26.2 Å². The summed E-state index contributed by atoms with van der Waals surface area (Å²) in [6, 6.07) is 4.94. The van der Waals surface area contributed by atoms with Gasteiger partial charge in [-0.05, 0) is 33.5 Å². The first-order valence-electron chi connectivity index (χ1n) is 6.11. The molecule has 0 fully saturated rings. The number of aromatic amines is 1. The Labute approximate surface area is 135 Å². The number of aromatic nitrogens is 2. The average molecular weight is 376 g/mol. The summed E-state index contributed by atoms with van der Waals surface area (Å²) in [6.45, 7) is 4.10. The molecule has 2 nitrogen and oxygen atoms in total. The number of nitrogens with one attached hydrogen (secondary N) is 1. The number of hydrogen-bond donors (Lipinski definition) is 1. The van der Waals surface area contributed by atoms with Crippen molar-refractivity contribution in [3.8, 4) is 0 Å². The molecule has 0 aliphatic carbocycles. The van der Waals surface area contributed by atoms with Crippen molar-refractivity contribution in [1.82, 2.24) is 9.97 Å². The standard InChI is InChI=1S/C14H13BrClFN2S/c1-7(2)13-11(15)14(20)19-10(18-13)6-8-4-3-5-9(16)12(8)17/h3-5,7H,6H2,1-2H3,(H,18,19,20). The molecule has 0 saturated carbocycles. The zero-order valence-electron chi connectivity index (χ0n) is 11.0. The Hall–Kier alpha value is -0.780. The Morgan fingerprint density at radius 3 is 2.80 bits per heavy atom. The number of hydrogen-bond acceptors (Lipinski definition) is 2. The minimum absolute atomic E-state index is 0.113. The van der Waals surface area contributed by atoms with Gasteiger partial charge in [-0.1, -0.05) is 49.8 Å². The number of H-pyrrole nitrogens is 1. The molecule has 1 heterocycles. The van der Waals surface area contributed by atoms with Crippen LogP contribution in [-0.2, 0) is 6.42 Å². The number of benzene rings is 1. The molecule has 0 spiro atoms. The van der Waals surface area contributed by atoms with Gasteiger partial charge in [-0.3, -0.25) is 0 Å². The van der Waals surface area contributed by atoms with E-state index in [1.807, 2.05) is 0 Å². The van der Waals surface area contributed by atoms with Gasteiger partial charge in [0.05, 0.1) is 9.50 Å². The summed E-state index contributed by atoms with van der Waals surface area (Å²) in [4.78, 5) is 7.50. The molecule has 0 bridgehead atoms. The van der Waals surface area contributed by atoms with Crippen LogP contribution >= 0.6 is 39.7 Å². The maximum Gasteiger partial charge on any atom is 0.145 e. The van der Waals surface area contributed by atoms with Crippen LogP contribution in [0.1, 0.15) is 36.8 Å². The van der Waals surface area contributed by atoms with Gasteiger partial charge in [0.1, 0.15) is 16.3 Å². The molecule has 2 rings (SSSR count). The van der Waals surface area contributed by atoms with Crippen LogP contribution in [0.4, 0.5) is 4.39 Å². The molecule has 1 aromatic heterocycles. The van der Waals surface area contributed by atoms with E-state index in [1.54, 1.807) is 12.1 Å². The van der Waals surface area contributed by atoms with Gasteiger partial charge in [-0.25, -0.2) is 9.37 Å². The van der Waals surface area contributed by atoms with Gasteiger partial charge in [-0.15, -0.1) is 0 Å². The molecular formula is C14H13BrClFN2S. The molecular weight excluding hydrogens is 363 g/mol. The molecule has 0 saturated heterocycles. The first kappa shape index (κ1) is 15.6. The highest BCUT2D eigenvalue weighted by Crippen LogP contribution is 2.25. The van der Waals surface area contributed by atoms with Crippen molar-refractivity contribution in [1.29, 1.82) is 0 Å². The van der Waals surface area contributed by atoms with E-state index in [1.165, 1.54) is 6.07 Å². The van der Waals surface area contributed by atoms with Crippen LogP contribution in [-0.4, -0.2) is 9.97 Å². The van der Waals surface area contributed by atoms with E-state index in [-0.39, 0.29) is 10.9 Å². The highest BCUT2D eigenvalue weighted by molar-refractivity contribution is 9.10. The third-order valence-corrected chi connectivity index (χ3v) is 4.56. The normalized spacial score (nSPS) is 11.1. The molecule has 0 atom stereocenters. The molecule has 20 heavy (non-hydrogen) atoms. The maximum absolute atomic E-state index is 13.9. The SMILES string of the molecule is CC(C)c1[nH]c(Cc2cccc(Cl)c2F)nc(=S)c1Br. The summed E-state index contributed by atoms with van der Waals surface area (Å²) < 4.78 is 15.2. The van der Waals surface area contributed by atoms with Crippen molar-refractivity contribution < 1.29 is 4.39 Å². The Morgan fingerprint density at radius 2 is 2.15 bits per heavy atom. The Kier molecular flexibility index (Phi) is 4.94. The fourth-order valence-electron chi connectivity index (χ4n) is 1.87. The zero-order valence-corrected chi connectivity index (χ0v) is 14.2. The van der Waals surface area contributed by atoms with Gasteiger partial charge in [0.25, 0.3) is 0 Å². The van der Waals surface area contributed by atoms with Crippen LogP contribution in [0.25, 0.3) is 0 Å². The highest BCUT2D eigenvalue weighted by Gasteiger charge is 2.12. The summed E-state index contributed by atoms with van der Waals surface area (Å²) >= 11 is 14.4. The van der Waals surface area contributed by atoms with E-state index >= 15 is 0 Å². The fraction of sp³-hybridized carbons (Fsp3) is 0.286. The quantitative estimate of drug-likeness (QED) is 0.727. The number of rotatable bonds is 3. The lowest BCUT2D eigenvalue weighted by Crippen LogP contribution is -2.05. The summed E-state index contributed by atoms with van der Waals surface area (Å²) in [5.74, 6) is 0.476. The molecule has 6 heteroatoms.